The van der Waals surface area contributed by atoms with Gasteiger partial charge >= 0.3 is 0 Å². The van der Waals surface area contributed by atoms with Crippen LogP contribution in [-0.4, -0.2) is 54.1 Å². The second-order valence-electron chi connectivity index (χ2n) is 5.74. The summed E-state index contributed by atoms with van der Waals surface area (Å²) in [6.07, 6.45) is 8.56. The molecule has 0 saturated carbocycles. The van der Waals surface area contributed by atoms with Gasteiger partial charge in [-0.1, -0.05) is 0 Å². The Balaban J connectivity index is 1.88. The fourth-order valence-corrected chi connectivity index (χ4v) is 4.98. The van der Waals surface area contributed by atoms with Crippen LogP contribution in [0.25, 0.3) is 0 Å². The predicted octanol–water partition coefficient (Wildman–Crippen LogP) is 0.871. The van der Waals surface area contributed by atoms with Crippen molar-refractivity contribution in [1.29, 1.82) is 0 Å². The van der Waals surface area contributed by atoms with E-state index >= 15 is 0 Å². The SMILES string of the molecule is CS(=O)(=O)N1CCCC12CCCN(c1ncccn1)C2. The standard InChI is InChI=1S/C13H20N4O2S/c1-20(18,19)17-10-3-6-13(17)5-2-9-16(11-13)12-14-7-4-8-15-12/h4,7-8H,2-3,5-6,9-11H2,1H3. The van der Waals surface area contributed by atoms with E-state index in [9.17, 15) is 8.42 Å². The van der Waals surface area contributed by atoms with E-state index in [0.29, 0.717) is 19.0 Å². The number of hydrogen-bond acceptors (Lipinski definition) is 5. The van der Waals surface area contributed by atoms with Crippen LogP contribution in [-0.2, 0) is 10.0 Å². The summed E-state index contributed by atoms with van der Waals surface area (Å²) >= 11 is 0. The molecule has 0 amide bonds. The third kappa shape index (κ3) is 2.40. The van der Waals surface area contributed by atoms with Gasteiger partial charge in [-0.15, -0.1) is 0 Å². The predicted molar refractivity (Wildman–Crippen MR) is 77.0 cm³/mol. The Morgan fingerprint density at radius 3 is 2.45 bits per heavy atom. The Kier molecular flexibility index (Phi) is 3.41. The minimum atomic E-state index is -3.15. The maximum absolute atomic E-state index is 12.0. The maximum Gasteiger partial charge on any atom is 0.225 e. The van der Waals surface area contributed by atoms with Gasteiger partial charge in [0.15, 0.2) is 0 Å². The molecule has 0 aromatic carbocycles. The zero-order valence-corrected chi connectivity index (χ0v) is 12.5. The van der Waals surface area contributed by atoms with Gasteiger partial charge in [-0.2, -0.15) is 4.31 Å². The van der Waals surface area contributed by atoms with Crippen molar-refractivity contribution in [2.45, 2.75) is 31.2 Å². The van der Waals surface area contributed by atoms with E-state index in [1.54, 1.807) is 22.8 Å². The molecule has 1 atom stereocenters. The van der Waals surface area contributed by atoms with Crippen molar-refractivity contribution in [3.05, 3.63) is 18.5 Å². The van der Waals surface area contributed by atoms with Crippen LogP contribution in [0.15, 0.2) is 18.5 Å². The Hall–Kier alpha value is -1.21. The summed E-state index contributed by atoms with van der Waals surface area (Å²) in [5.74, 6) is 0.701. The average molecular weight is 296 g/mol. The molecule has 1 unspecified atom stereocenters. The molecule has 0 N–H and O–H groups in total. The van der Waals surface area contributed by atoms with Crippen LogP contribution in [0.5, 0.6) is 0 Å². The molecule has 3 heterocycles. The highest BCUT2D eigenvalue weighted by molar-refractivity contribution is 7.88. The number of anilines is 1. The molecule has 6 nitrogen and oxygen atoms in total. The number of nitrogens with zero attached hydrogens (tertiary/aromatic N) is 4. The summed E-state index contributed by atoms with van der Waals surface area (Å²) < 4.78 is 25.8. The summed E-state index contributed by atoms with van der Waals surface area (Å²) in [5.41, 5.74) is -0.259. The summed E-state index contributed by atoms with van der Waals surface area (Å²) in [6, 6.07) is 1.79. The van der Waals surface area contributed by atoms with Gasteiger partial charge in [0.2, 0.25) is 16.0 Å². The first kappa shape index (κ1) is 13.8. The topological polar surface area (TPSA) is 66.4 Å². The smallest absolute Gasteiger partial charge is 0.225 e. The van der Waals surface area contributed by atoms with E-state index in [2.05, 4.69) is 14.9 Å². The van der Waals surface area contributed by atoms with Crippen molar-refractivity contribution in [1.82, 2.24) is 14.3 Å². The number of sulfonamides is 1. The van der Waals surface area contributed by atoms with Gasteiger partial charge in [0.05, 0.1) is 11.8 Å². The fourth-order valence-electron chi connectivity index (χ4n) is 3.58. The van der Waals surface area contributed by atoms with Gasteiger partial charge in [-0.25, -0.2) is 18.4 Å². The Bertz CT molecular complexity index is 577. The largest absolute Gasteiger partial charge is 0.339 e. The first-order chi connectivity index (χ1) is 9.51. The van der Waals surface area contributed by atoms with Crippen molar-refractivity contribution in [3.8, 4) is 0 Å². The van der Waals surface area contributed by atoms with Gasteiger partial charge in [-0.05, 0) is 31.7 Å². The van der Waals surface area contributed by atoms with Crippen molar-refractivity contribution in [2.75, 3.05) is 30.8 Å². The third-order valence-corrected chi connectivity index (χ3v) is 5.69. The van der Waals surface area contributed by atoms with Gasteiger partial charge in [-0.3, -0.25) is 0 Å². The molecular weight excluding hydrogens is 276 g/mol. The van der Waals surface area contributed by atoms with E-state index in [1.165, 1.54) is 6.26 Å². The van der Waals surface area contributed by atoms with E-state index in [4.69, 9.17) is 0 Å². The Morgan fingerprint density at radius 2 is 1.80 bits per heavy atom. The normalized spacial score (nSPS) is 28.1. The zero-order chi connectivity index (χ0) is 14.2. The average Bonchev–Trinajstić information content (AvgIpc) is 2.83. The van der Waals surface area contributed by atoms with E-state index < -0.39 is 10.0 Å². The summed E-state index contributed by atoms with van der Waals surface area (Å²) in [4.78, 5) is 10.7. The molecule has 0 radical (unpaired) electrons. The molecule has 1 aromatic heterocycles. The zero-order valence-electron chi connectivity index (χ0n) is 11.7. The molecule has 2 saturated heterocycles. The highest BCUT2D eigenvalue weighted by Gasteiger charge is 2.48. The summed E-state index contributed by atoms with van der Waals surface area (Å²) in [5, 5.41) is 0. The number of piperidine rings is 1. The number of hydrogen-bond donors (Lipinski definition) is 0. The molecule has 2 aliphatic heterocycles. The van der Waals surface area contributed by atoms with Gasteiger partial charge in [0.25, 0.3) is 0 Å². The van der Waals surface area contributed by atoms with E-state index in [-0.39, 0.29) is 5.54 Å². The van der Waals surface area contributed by atoms with Crippen LogP contribution in [0.3, 0.4) is 0 Å². The Labute approximate surface area is 119 Å². The minimum Gasteiger partial charge on any atom is -0.339 e. The fraction of sp³-hybridized carbons (Fsp3) is 0.692. The second kappa shape index (κ2) is 4.96. The van der Waals surface area contributed by atoms with E-state index in [0.717, 1.165) is 32.2 Å². The van der Waals surface area contributed by atoms with Crippen molar-refractivity contribution in [3.63, 3.8) is 0 Å². The quantitative estimate of drug-likeness (QED) is 0.810. The van der Waals surface area contributed by atoms with Gasteiger partial charge in [0.1, 0.15) is 0 Å². The minimum absolute atomic E-state index is 0.259. The van der Waals surface area contributed by atoms with Crippen LogP contribution in [0, 0.1) is 0 Å². The molecule has 0 aliphatic carbocycles. The van der Waals surface area contributed by atoms with Gasteiger partial charge < -0.3 is 4.90 Å². The molecular formula is C13H20N4O2S. The van der Waals surface area contributed by atoms with Crippen molar-refractivity contribution in [2.24, 2.45) is 0 Å². The lowest BCUT2D eigenvalue weighted by Crippen LogP contribution is -2.57. The molecule has 2 fully saturated rings. The van der Waals surface area contributed by atoms with Crippen LogP contribution in [0.1, 0.15) is 25.7 Å². The molecule has 2 aliphatic rings. The lowest BCUT2D eigenvalue weighted by atomic mass is 9.88. The molecule has 7 heteroatoms. The highest BCUT2D eigenvalue weighted by Crippen LogP contribution is 2.39. The lowest BCUT2D eigenvalue weighted by molar-refractivity contribution is 0.203. The Morgan fingerprint density at radius 1 is 1.15 bits per heavy atom. The molecule has 3 rings (SSSR count). The van der Waals surface area contributed by atoms with Crippen molar-refractivity contribution >= 4 is 16.0 Å². The van der Waals surface area contributed by atoms with Crippen LogP contribution < -0.4 is 4.90 Å². The maximum atomic E-state index is 12.0. The lowest BCUT2D eigenvalue weighted by Gasteiger charge is -2.44. The van der Waals surface area contributed by atoms with E-state index in [1.807, 2.05) is 0 Å². The molecule has 20 heavy (non-hydrogen) atoms. The third-order valence-electron chi connectivity index (χ3n) is 4.32. The summed E-state index contributed by atoms with van der Waals surface area (Å²) in [7, 11) is -3.15. The van der Waals surface area contributed by atoms with Crippen molar-refractivity contribution < 1.29 is 8.42 Å². The van der Waals surface area contributed by atoms with Crippen LogP contribution in [0.2, 0.25) is 0 Å². The second-order valence-corrected chi connectivity index (χ2v) is 7.64. The molecule has 0 bridgehead atoms. The number of rotatable bonds is 2. The first-order valence-electron chi connectivity index (χ1n) is 7.01. The van der Waals surface area contributed by atoms with Crippen LogP contribution >= 0.6 is 0 Å². The highest BCUT2D eigenvalue weighted by atomic mass is 32.2. The van der Waals surface area contributed by atoms with Gasteiger partial charge in [0, 0.05) is 32.0 Å². The number of aromatic nitrogens is 2. The summed E-state index contributed by atoms with van der Waals surface area (Å²) in [6.45, 7) is 2.23. The monoisotopic (exact) mass is 296 g/mol. The van der Waals surface area contributed by atoms with Crippen LogP contribution in [0.4, 0.5) is 5.95 Å². The molecule has 1 spiro atoms. The first-order valence-corrected chi connectivity index (χ1v) is 8.86. The molecule has 110 valence electrons. The molecule has 1 aromatic rings.